The van der Waals surface area contributed by atoms with Gasteiger partial charge in [0.2, 0.25) is 0 Å². The van der Waals surface area contributed by atoms with Crippen LogP contribution in [-0.4, -0.2) is 6.54 Å². The first kappa shape index (κ1) is 11.3. The second-order valence-corrected chi connectivity index (χ2v) is 4.34. The minimum absolute atomic E-state index is 0.611. The molecule has 14 heavy (non-hydrogen) atoms. The summed E-state index contributed by atoms with van der Waals surface area (Å²) in [5.74, 6) is 1.28. The van der Waals surface area contributed by atoms with Gasteiger partial charge in [0.1, 0.15) is 0 Å². The number of hydrogen-bond donors (Lipinski definition) is 1. The molecule has 0 radical (unpaired) electrons. The smallest absolute Gasteiger partial charge is 0.00713 e. The predicted molar refractivity (Wildman–Crippen MR) is 62.4 cm³/mol. The van der Waals surface area contributed by atoms with Crippen molar-refractivity contribution >= 4 is 0 Å². The van der Waals surface area contributed by atoms with E-state index in [0.29, 0.717) is 11.8 Å². The predicted octanol–water partition coefficient (Wildman–Crippen LogP) is 3.08. The summed E-state index contributed by atoms with van der Waals surface area (Å²) < 4.78 is 0. The first-order chi connectivity index (χ1) is 6.65. The van der Waals surface area contributed by atoms with Crippen LogP contribution in [0.3, 0.4) is 0 Å². The Morgan fingerprint density at radius 1 is 1.29 bits per heavy atom. The van der Waals surface area contributed by atoms with Crippen molar-refractivity contribution in [2.75, 3.05) is 6.54 Å². The van der Waals surface area contributed by atoms with Gasteiger partial charge in [0.05, 0.1) is 0 Å². The molecule has 0 spiro atoms. The first-order valence-electron chi connectivity index (χ1n) is 5.41. The van der Waals surface area contributed by atoms with Crippen LogP contribution in [0.25, 0.3) is 0 Å². The highest BCUT2D eigenvalue weighted by atomic mass is 14.5. The number of benzene rings is 1. The molecule has 1 unspecified atom stereocenters. The van der Waals surface area contributed by atoms with Gasteiger partial charge in [0.25, 0.3) is 0 Å². The molecule has 1 nitrogen and oxygen atoms in total. The zero-order valence-electron chi connectivity index (χ0n) is 9.46. The number of hydrogen-bond acceptors (Lipinski definition) is 1. The van der Waals surface area contributed by atoms with E-state index in [-0.39, 0.29) is 0 Å². The van der Waals surface area contributed by atoms with Gasteiger partial charge in [-0.2, -0.15) is 0 Å². The summed E-state index contributed by atoms with van der Waals surface area (Å²) in [4.78, 5) is 0. The molecule has 1 aromatic rings. The third-order valence-electron chi connectivity index (χ3n) is 2.75. The summed E-state index contributed by atoms with van der Waals surface area (Å²) in [5.41, 5.74) is 8.42. The maximum absolute atomic E-state index is 5.64. The van der Waals surface area contributed by atoms with Gasteiger partial charge < -0.3 is 5.73 Å². The molecule has 78 valence electrons. The molecule has 1 heteroatoms. The van der Waals surface area contributed by atoms with Crippen molar-refractivity contribution in [3.05, 3.63) is 35.4 Å². The largest absolute Gasteiger partial charge is 0.330 e. The van der Waals surface area contributed by atoms with Gasteiger partial charge >= 0.3 is 0 Å². The first-order valence-corrected chi connectivity index (χ1v) is 5.41. The summed E-state index contributed by atoms with van der Waals surface area (Å²) in [6.07, 6.45) is 1.08. The van der Waals surface area contributed by atoms with E-state index in [4.69, 9.17) is 5.73 Å². The lowest BCUT2D eigenvalue weighted by Crippen LogP contribution is -2.12. The Labute approximate surface area is 87.3 Å². The van der Waals surface area contributed by atoms with E-state index in [1.165, 1.54) is 11.1 Å². The van der Waals surface area contributed by atoms with Crippen LogP contribution in [0.2, 0.25) is 0 Å². The van der Waals surface area contributed by atoms with Gasteiger partial charge in [0.15, 0.2) is 0 Å². The average molecular weight is 191 g/mol. The molecule has 1 aromatic carbocycles. The van der Waals surface area contributed by atoms with Gasteiger partial charge in [-0.3, -0.25) is 0 Å². The van der Waals surface area contributed by atoms with Crippen molar-refractivity contribution in [3.63, 3.8) is 0 Å². The lowest BCUT2D eigenvalue weighted by molar-refractivity contribution is 0.473. The van der Waals surface area contributed by atoms with Crippen molar-refractivity contribution in [2.24, 2.45) is 11.7 Å². The van der Waals surface area contributed by atoms with E-state index in [1.54, 1.807) is 0 Å². The topological polar surface area (TPSA) is 26.0 Å². The molecule has 2 N–H and O–H groups in total. The van der Waals surface area contributed by atoms with E-state index >= 15 is 0 Å². The number of nitrogens with two attached hydrogens (primary N) is 1. The minimum Gasteiger partial charge on any atom is -0.330 e. The Balaban J connectivity index is 2.87. The number of aryl methyl sites for hydroxylation is 1. The average Bonchev–Trinajstić information content (AvgIpc) is 2.13. The molecule has 1 rings (SSSR count). The fraction of sp³-hybridized carbons (Fsp3) is 0.538. The summed E-state index contributed by atoms with van der Waals surface area (Å²) >= 11 is 0. The maximum Gasteiger partial charge on any atom is -0.00713 e. The molecule has 0 aliphatic heterocycles. The zero-order valence-corrected chi connectivity index (χ0v) is 9.46. The standard InChI is InChI=1S/C13H21N/c1-10(2)13(7-8-14)12-6-4-5-11(3)9-12/h4-6,9-10,13H,7-8,14H2,1-3H3. The van der Waals surface area contributed by atoms with Crippen LogP contribution in [0.5, 0.6) is 0 Å². The van der Waals surface area contributed by atoms with Gasteiger partial charge in [0, 0.05) is 0 Å². The molecule has 0 fully saturated rings. The summed E-state index contributed by atoms with van der Waals surface area (Å²) in [5, 5.41) is 0. The monoisotopic (exact) mass is 191 g/mol. The molecular weight excluding hydrogens is 170 g/mol. The van der Waals surface area contributed by atoms with Crippen molar-refractivity contribution < 1.29 is 0 Å². The van der Waals surface area contributed by atoms with Crippen molar-refractivity contribution in [1.29, 1.82) is 0 Å². The van der Waals surface area contributed by atoms with E-state index in [2.05, 4.69) is 45.0 Å². The van der Waals surface area contributed by atoms with Crippen molar-refractivity contribution in [3.8, 4) is 0 Å². The highest BCUT2D eigenvalue weighted by Gasteiger charge is 2.14. The lowest BCUT2D eigenvalue weighted by atomic mass is 9.85. The molecule has 0 aromatic heterocycles. The SMILES string of the molecule is Cc1cccc(C(CCN)C(C)C)c1. The van der Waals surface area contributed by atoms with Crippen LogP contribution in [0, 0.1) is 12.8 Å². The molecule has 1 atom stereocenters. The molecule has 0 amide bonds. The van der Waals surface area contributed by atoms with Gasteiger partial charge in [-0.1, -0.05) is 43.7 Å². The zero-order chi connectivity index (χ0) is 10.6. The summed E-state index contributed by atoms with van der Waals surface area (Å²) in [7, 11) is 0. The second kappa shape index (κ2) is 5.16. The third-order valence-corrected chi connectivity index (χ3v) is 2.75. The fourth-order valence-electron chi connectivity index (χ4n) is 1.97. The highest BCUT2D eigenvalue weighted by molar-refractivity contribution is 5.25. The fourth-order valence-corrected chi connectivity index (χ4v) is 1.97. The summed E-state index contributed by atoms with van der Waals surface area (Å²) in [6.45, 7) is 7.45. The number of rotatable bonds is 4. The molecule has 0 heterocycles. The lowest BCUT2D eigenvalue weighted by Gasteiger charge is -2.20. The normalized spacial score (nSPS) is 13.2. The van der Waals surface area contributed by atoms with Crippen LogP contribution in [0.15, 0.2) is 24.3 Å². The van der Waals surface area contributed by atoms with Gasteiger partial charge in [-0.15, -0.1) is 0 Å². The van der Waals surface area contributed by atoms with E-state index in [0.717, 1.165) is 13.0 Å². The quantitative estimate of drug-likeness (QED) is 0.777. The highest BCUT2D eigenvalue weighted by Crippen LogP contribution is 2.27. The van der Waals surface area contributed by atoms with Crippen LogP contribution in [0.4, 0.5) is 0 Å². The Kier molecular flexibility index (Phi) is 4.15. The Morgan fingerprint density at radius 3 is 2.50 bits per heavy atom. The molecule has 0 saturated heterocycles. The molecule has 0 aliphatic carbocycles. The second-order valence-electron chi connectivity index (χ2n) is 4.34. The van der Waals surface area contributed by atoms with E-state index in [9.17, 15) is 0 Å². The Hall–Kier alpha value is -0.820. The third kappa shape index (κ3) is 2.85. The Morgan fingerprint density at radius 2 is 2.00 bits per heavy atom. The molecule has 0 saturated carbocycles. The van der Waals surface area contributed by atoms with E-state index < -0.39 is 0 Å². The minimum atomic E-state index is 0.611. The van der Waals surface area contributed by atoms with Crippen LogP contribution in [0.1, 0.15) is 37.3 Å². The van der Waals surface area contributed by atoms with Crippen molar-refractivity contribution in [2.45, 2.75) is 33.1 Å². The molecular formula is C13H21N. The van der Waals surface area contributed by atoms with Gasteiger partial charge in [-0.05, 0) is 37.3 Å². The van der Waals surface area contributed by atoms with Crippen molar-refractivity contribution in [1.82, 2.24) is 0 Å². The molecule has 0 bridgehead atoms. The summed E-state index contributed by atoms with van der Waals surface area (Å²) in [6, 6.07) is 8.77. The van der Waals surface area contributed by atoms with E-state index in [1.807, 2.05) is 0 Å². The van der Waals surface area contributed by atoms with Gasteiger partial charge in [-0.25, -0.2) is 0 Å². The van der Waals surface area contributed by atoms with Crippen LogP contribution in [-0.2, 0) is 0 Å². The maximum atomic E-state index is 5.64. The van der Waals surface area contributed by atoms with Crippen LogP contribution < -0.4 is 5.73 Å². The Bertz CT molecular complexity index is 278. The molecule has 0 aliphatic rings. The van der Waals surface area contributed by atoms with Crippen LogP contribution >= 0.6 is 0 Å².